The summed E-state index contributed by atoms with van der Waals surface area (Å²) in [6, 6.07) is 0. The summed E-state index contributed by atoms with van der Waals surface area (Å²) in [5.41, 5.74) is 5.72. The van der Waals surface area contributed by atoms with Crippen LogP contribution in [0.25, 0.3) is 0 Å². The average Bonchev–Trinajstić information content (AvgIpc) is 3.13. The van der Waals surface area contributed by atoms with E-state index in [1.54, 1.807) is 0 Å². The lowest BCUT2D eigenvalue weighted by Gasteiger charge is -2.04. The Balaban J connectivity index is 0.00000118. The van der Waals surface area contributed by atoms with E-state index in [0.29, 0.717) is 0 Å². The van der Waals surface area contributed by atoms with E-state index in [0.717, 1.165) is 19.6 Å². The van der Waals surface area contributed by atoms with Crippen molar-refractivity contribution in [3.05, 3.63) is 18.2 Å². The number of imidazole rings is 1. The Morgan fingerprint density at radius 2 is 1.41 bits per heavy atom. The number of hydrogen-bond donors (Lipinski definition) is 1. The van der Waals surface area contributed by atoms with Gasteiger partial charge in [0.2, 0.25) is 10.4 Å². The summed E-state index contributed by atoms with van der Waals surface area (Å²) in [6.07, 6.45) is 24.0. The largest absolute Gasteiger partial charge is 0.726 e. The second-order valence-corrected chi connectivity index (χ2v) is 9.34. The van der Waals surface area contributed by atoms with Gasteiger partial charge in [-0.05, 0) is 20.3 Å². The fourth-order valence-corrected chi connectivity index (χ4v) is 4.15. The predicted octanol–water partition coefficient (Wildman–Crippen LogP) is 4.87. The van der Waals surface area contributed by atoms with Gasteiger partial charge in [0.05, 0.1) is 13.2 Å². The number of aromatic nitrogens is 2. The topological polar surface area (TPSA) is 101 Å². The fraction of sp³-hybridized carbons (Fsp3) is 0.875. The molecule has 0 aliphatic carbocycles. The highest BCUT2D eigenvalue weighted by molar-refractivity contribution is 7.80. The van der Waals surface area contributed by atoms with Crippen LogP contribution in [0.2, 0.25) is 0 Å². The zero-order valence-corrected chi connectivity index (χ0v) is 21.7. The molecule has 1 rings (SSSR count). The second-order valence-electron chi connectivity index (χ2n) is 8.29. The fourth-order valence-electron chi connectivity index (χ4n) is 3.86. The molecule has 0 amide bonds. The van der Waals surface area contributed by atoms with Crippen LogP contribution in [0.1, 0.15) is 110 Å². The van der Waals surface area contributed by atoms with Gasteiger partial charge in [0.15, 0.2) is 0 Å². The van der Waals surface area contributed by atoms with Crippen molar-refractivity contribution in [1.29, 1.82) is 0 Å². The maximum Gasteiger partial charge on any atom is 0.256 e. The third-order valence-electron chi connectivity index (χ3n) is 5.57. The summed E-state index contributed by atoms with van der Waals surface area (Å²) in [6.45, 7) is 8.58. The number of unbranched alkanes of at least 4 members (excludes halogenated alkanes) is 12. The molecule has 1 aromatic rings. The molecule has 2 N–H and O–H groups in total. The van der Waals surface area contributed by atoms with Crippen molar-refractivity contribution in [3.8, 4) is 0 Å². The third-order valence-corrected chi connectivity index (χ3v) is 6.09. The van der Waals surface area contributed by atoms with Gasteiger partial charge in [-0.25, -0.2) is 17.6 Å². The van der Waals surface area contributed by atoms with Crippen molar-refractivity contribution >= 4 is 10.4 Å². The number of rotatable bonds is 19. The first-order valence-corrected chi connectivity index (χ1v) is 14.1. The Morgan fingerprint density at radius 1 is 0.906 bits per heavy atom. The molecule has 0 aromatic carbocycles. The number of hydrogen-bond acceptors (Lipinski definition) is 5. The third kappa shape index (κ3) is 17.6. The van der Waals surface area contributed by atoms with Crippen LogP contribution < -0.4 is 10.3 Å². The number of nitrogens with two attached hydrogens (primary N) is 1. The van der Waals surface area contributed by atoms with Crippen molar-refractivity contribution in [1.82, 2.24) is 4.57 Å². The molecule has 0 aliphatic rings. The molecule has 0 aliphatic heterocycles. The average molecular weight is 476 g/mol. The minimum absolute atomic E-state index is 0.0914. The van der Waals surface area contributed by atoms with Gasteiger partial charge in [0.25, 0.3) is 5.82 Å². The van der Waals surface area contributed by atoms with Crippen LogP contribution in [0, 0.1) is 0 Å². The van der Waals surface area contributed by atoms with Crippen molar-refractivity contribution in [2.24, 2.45) is 5.73 Å². The van der Waals surface area contributed by atoms with Gasteiger partial charge in [-0.2, -0.15) is 0 Å². The van der Waals surface area contributed by atoms with E-state index in [2.05, 4.69) is 39.6 Å². The minimum atomic E-state index is -4.42. The zero-order chi connectivity index (χ0) is 24.1. The Morgan fingerprint density at radius 3 is 1.78 bits per heavy atom. The van der Waals surface area contributed by atoms with E-state index < -0.39 is 10.4 Å². The first kappa shape index (κ1) is 31.0. The molecule has 0 spiro atoms. The molecular weight excluding hydrogens is 426 g/mol. The monoisotopic (exact) mass is 475 g/mol. The van der Waals surface area contributed by atoms with Crippen LogP contribution >= 0.6 is 0 Å². The highest BCUT2D eigenvalue weighted by atomic mass is 32.3. The number of nitrogens with zero attached hydrogens (tertiary/aromatic N) is 2. The number of aryl methyl sites for hydroxylation is 1. The van der Waals surface area contributed by atoms with Gasteiger partial charge in [0.1, 0.15) is 18.9 Å². The van der Waals surface area contributed by atoms with Gasteiger partial charge < -0.3 is 10.3 Å². The molecule has 1 aromatic heterocycles. The SMILES string of the molecule is CCCCCCCCCCCCCCCc1n(CC)cc[n+]1CCN.CCOS(=O)(=O)[O-]. The summed E-state index contributed by atoms with van der Waals surface area (Å²) < 4.78 is 36.7. The van der Waals surface area contributed by atoms with E-state index in [1.807, 2.05) is 0 Å². The molecule has 0 unspecified atom stereocenters. The normalized spacial score (nSPS) is 11.4. The van der Waals surface area contributed by atoms with Crippen molar-refractivity contribution in [2.75, 3.05) is 13.2 Å². The Hall–Kier alpha value is -0.960. The minimum Gasteiger partial charge on any atom is -0.726 e. The second kappa shape index (κ2) is 20.6. The standard InChI is InChI=1S/C22H44N3.C2H6O4S/c1-3-5-6-7-8-9-10-11-12-13-14-15-16-17-22-24(4-2)20-21-25(22)19-18-23;1-2-6-7(3,4)5/h20-21H,3-19,23H2,1-2H3;2H2,1H3,(H,3,4,5)/q+1;/p-1. The van der Waals surface area contributed by atoms with Crippen molar-refractivity contribution < 1.29 is 21.7 Å². The smallest absolute Gasteiger partial charge is 0.256 e. The van der Waals surface area contributed by atoms with Gasteiger partial charge in [-0.1, -0.05) is 84.0 Å². The Bertz CT molecular complexity index is 648. The van der Waals surface area contributed by atoms with E-state index in [4.69, 9.17) is 5.73 Å². The van der Waals surface area contributed by atoms with Gasteiger partial charge in [-0.15, -0.1) is 0 Å². The molecule has 1 heterocycles. The van der Waals surface area contributed by atoms with Crippen LogP contribution in [-0.4, -0.2) is 30.7 Å². The lowest BCUT2D eigenvalue weighted by molar-refractivity contribution is -0.701. The van der Waals surface area contributed by atoms with Crippen LogP contribution in [0.4, 0.5) is 0 Å². The molecule has 190 valence electrons. The molecule has 0 saturated carbocycles. The maximum absolute atomic E-state index is 9.45. The summed E-state index contributed by atoms with van der Waals surface area (Å²) in [5.74, 6) is 1.45. The molecule has 0 atom stereocenters. The van der Waals surface area contributed by atoms with Crippen LogP contribution in [0.3, 0.4) is 0 Å². The maximum atomic E-state index is 9.45. The Kier molecular flexibility index (Phi) is 20.0. The highest BCUT2D eigenvalue weighted by Gasteiger charge is 2.14. The van der Waals surface area contributed by atoms with Gasteiger partial charge in [-0.3, -0.25) is 4.18 Å². The van der Waals surface area contributed by atoms with Gasteiger partial charge >= 0.3 is 0 Å². The molecule has 7 nitrogen and oxygen atoms in total. The molecule has 0 saturated heterocycles. The van der Waals surface area contributed by atoms with E-state index in [1.165, 1.54) is 103 Å². The summed E-state index contributed by atoms with van der Waals surface area (Å²) in [4.78, 5) is 0. The van der Waals surface area contributed by atoms with Crippen LogP contribution in [-0.2, 0) is 34.1 Å². The quantitative estimate of drug-likeness (QED) is 0.133. The highest BCUT2D eigenvalue weighted by Crippen LogP contribution is 2.13. The van der Waals surface area contributed by atoms with E-state index in [9.17, 15) is 13.0 Å². The first-order chi connectivity index (χ1) is 15.4. The molecule has 0 fully saturated rings. The molecule has 8 heteroatoms. The zero-order valence-electron chi connectivity index (χ0n) is 20.9. The van der Waals surface area contributed by atoms with E-state index >= 15 is 0 Å². The van der Waals surface area contributed by atoms with Crippen LogP contribution in [0.15, 0.2) is 12.4 Å². The summed E-state index contributed by atoms with van der Waals surface area (Å²) in [5, 5.41) is 0. The van der Waals surface area contributed by atoms with Crippen molar-refractivity contribution in [3.63, 3.8) is 0 Å². The lowest BCUT2D eigenvalue weighted by Crippen LogP contribution is -2.40. The predicted molar refractivity (Wildman–Crippen MR) is 130 cm³/mol. The van der Waals surface area contributed by atoms with Gasteiger partial charge in [0, 0.05) is 13.0 Å². The molecule has 0 bridgehead atoms. The summed E-state index contributed by atoms with van der Waals surface area (Å²) >= 11 is 0. The summed E-state index contributed by atoms with van der Waals surface area (Å²) in [7, 11) is -4.42. The van der Waals surface area contributed by atoms with E-state index in [-0.39, 0.29) is 6.61 Å². The first-order valence-electron chi connectivity index (χ1n) is 12.8. The molecule has 0 radical (unpaired) electrons. The molecular formula is C24H49N3O4S. The van der Waals surface area contributed by atoms with Crippen LogP contribution in [0.5, 0.6) is 0 Å². The lowest BCUT2D eigenvalue weighted by atomic mass is 10.0. The van der Waals surface area contributed by atoms with Crippen molar-refractivity contribution in [2.45, 2.75) is 124 Å². The molecule has 32 heavy (non-hydrogen) atoms. The Labute approximate surface area is 197 Å².